The van der Waals surface area contributed by atoms with Crippen molar-refractivity contribution < 1.29 is 14.0 Å². The molecule has 0 spiro atoms. The number of hydrogen-bond donors (Lipinski definition) is 1. The first-order valence-electron chi connectivity index (χ1n) is 9.19. The first kappa shape index (κ1) is 20.6. The van der Waals surface area contributed by atoms with Gasteiger partial charge in [0.1, 0.15) is 11.9 Å². The fourth-order valence-electron chi connectivity index (χ4n) is 3.16. The highest BCUT2D eigenvalue weighted by molar-refractivity contribution is 5.88. The van der Waals surface area contributed by atoms with Crippen LogP contribution in [-0.4, -0.2) is 29.3 Å². The number of rotatable bonds is 7. The van der Waals surface area contributed by atoms with E-state index in [2.05, 4.69) is 5.32 Å². The summed E-state index contributed by atoms with van der Waals surface area (Å²) < 4.78 is 14.1. The molecule has 0 radical (unpaired) electrons. The molecule has 1 atom stereocenters. The van der Waals surface area contributed by atoms with Crippen LogP contribution in [0.3, 0.4) is 0 Å². The number of halogens is 1. The molecule has 2 amide bonds. The Kier molecular flexibility index (Phi) is 7.11. The molecule has 0 aliphatic rings. The smallest absolute Gasteiger partial charge is 0.242 e. The van der Waals surface area contributed by atoms with Gasteiger partial charge in [-0.25, -0.2) is 4.39 Å². The highest BCUT2D eigenvalue weighted by atomic mass is 19.1. The van der Waals surface area contributed by atoms with Crippen LogP contribution in [0, 0.1) is 19.7 Å². The van der Waals surface area contributed by atoms with Crippen molar-refractivity contribution in [3.8, 4) is 0 Å². The number of nitrogens with zero attached hydrogens (tertiary/aromatic N) is 1. The van der Waals surface area contributed by atoms with Gasteiger partial charge in [-0.15, -0.1) is 0 Å². The number of hydrogen-bond acceptors (Lipinski definition) is 2. The number of nitrogens with one attached hydrogen (secondary N) is 1. The quantitative estimate of drug-likeness (QED) is 0.810. The van der Waals surface area contributed by atoms with Crippen molar-refractivity contribution in [3.05, 3.63) is 70.5 Å². The highest BCUT2D eigenvalue weighted by Gasteiger charge is 2.26. The predicted octanol–water partition coefficient (Wildman–Crippen LogP) is 3.54. The van der Waals surface area contributed by atoms with Crippen molar-refractivity contribution in [3.63, 3.8) is 0 Å². The minimum absolute atomic E-state index is 0.0502. The second kappa shape index (κ2) is 9.31. The van der Waals surface area contributed by atoms with Crippen molar-refractivity contribution >= 4 is 11.8 Å². The summed E-state index contributed by atoms with van der Waals surface area (Å²) in [6.45, 7) is 7.98. The van der Waals surface area contributed by atoms with E-state index in [1.807, 2.05) is 39.0 Å². The van der Waals surface area contributed by atoms with Gasteiger partial charge in [0.25, 0.3) is 0 Å². The molecule has 0 aliphatic heterocycles. The molecule has 1 N–H and O–H groups in total. The van der Waals surface area contributed by atoms with E-state index in [0.29, 0.717) is 12.1 Å². The summed E-state index contributed by atoms with van der Waals surface area (Å²) in [7, 11) is 0. The molecule has 2 rings (SSSR count). The van der Waals surface area contributed by atoms with Crippen molar-refractivity contribution in [2.45, 2.75) is 46.7 Å². The van der Waals surface area contributed by atoms with Crippen LogP contribution in [0.1, 0.15) is 36.1 Å². The normalized spacial score (nSPS) is 11.7. The summed E-state index contributed by atoms with van der Waals surface area (Å²) in [5.41, 5.74) is 3.44. The monoisotopic (exact) mass is 370 g/mol. The summed E-state index contributed by atoms with van der Waals surface area (Å²) in [5, 5.41) is 2.74. The van der Waals surface area contributed by atoms with Crippen LogP contribution in [0.5, 0.6) is 0 Å². The molecule has 27 heavy (non-hydrogen) atoms. The molecule has 0 bridgehead atoms. The molecule has 2 aromatic rings. The van der Waals surface area contributed by atoms with Gasteiger partial charge in [-0.1, -0.05) is 47.5 Å². The lowest BCUT2D eigenvalue weighted by Gasteiger charge is -2.29. The lowest BCUT2D eigenvalue weighted by atomic mass is 10.0. The lowest BCUT2D eigenvalue weighted by molar-refractivity contribution is -0.140. The van der Waals surface area contributed by atoms with Gasteiger partial charge in [0.2, 0.25) is 11.8 Å². The largest absolute Gasteiger partial charge is 0.355 e. The minimum Gasteiger partial charge on any atom is -0.355 e. The first-order valence-corrected chi connectivity index (χ1v) is 9.19. The highest BCUT2D eigenvalue weighted by Crippen LogP contribution is 2.16. The number of benzene rings is 2. The van der Waals surface area contributed by atoms with Crippen LogP contribution in [0.2, 0.25) is 0 Å². The SMILES string of the molecule is CCNC(=O)C(C)N(Cc1ccccc1F)C(=O)Cc1cc(C)cc(C)c1. The van der Waals surface area contributed by atoms with Gasteiger partial charge in [-0.05, 0) is 39.3 Å². The van der Waals surface area contributed by atoms with E-state index in [-0.39, 0.29) is 30.6 Å². The zero-order chi connectivity index (χ0) is 20.0. The second-order valence-corrected chi connectivity index (χ2v) is 6.86. The van der Waals surface area contributed by atoms with Gasteiger partial charge in [0.15, 0.2) is 0 Å². The van der Waals surface area contributed by atoms with E-state index in [0.717, 1.165) is 16.7 Å². The number of aryl methyl sites for hydroxylation is 2. The maximum absolute atomic E-state index is 14.1. The number of likely N-dealkylation sites (N-methyl/N-ethyl adjacent to an activating group) is 1. The van der Waals surface area contributed by atoms with E-state index in [9.17, 15) is 14.0 Å². The topological polar surface area (TPSA) is 49.4 Å². The molecule has 144 valence electrons. The Morgan fingerprint density at radius 1 is 1.11 bits per heavy atom. The van der Waals surface area contributed by atoms with Crippen LogP contribution in [0.4, 0.5) is 4.39 Å². The Bertz CT molecular complexity index is 799. The van der Waals surface area contributed by atoms with Crippen molar-refractivity contribution in [2.75, 3.05) is 6.54 Å². The summed E-state index contributed by atoms with van der Waals surface area (Å²) in [4.78, 5) is 26.8. The van der Waals surface area contributed by atoms with Crippen molar-refractivity contribution in [2.24, 2.45) is 0 Å². The Morgan fingerprint density at radius 2 is 1.74 bits per heavy atom. The average molecular weight is 370 g/mol. The van der Waals surface area contributed by atoms with Gasteiger partial charge >= 0.3 is 0 Å². The minimum atomic E-state index is -0.692. The summed E-state index contributed by atoms with van der Waals surface area (Å²) >= 11 is 0. The van der Waals surface area contributed by atoms with E-state index in [4.69, 9.17) is 0 Å². The van der Waals surface area contributed by atoms with Gasteiger partial charge in [-0.3, -0.25) is 9.59 Å². The second-order valence-electron chi connectivity index (χ2n) is 6.86. The zero-order valence-corrected chi connectivity index (χ0v) is 16.4. The Hall–Kier alpha value is -2.69. The Labute approximate surface area is 160 Å². The molecule has 0 saturated carbocycles. The zero-order valence-electron chi connectivity index (χ0n) is 16.4. The van der Waals surface area contributed by atoms with E-state index < -0.39 is 6.04 Å². The van der Waals surface area contributed by atoms with Crippen molar-refractivity contribution in [1.82, 2.24) is 10.2 Å². The predicted molar refractivity (Wildman–Crippen MR) is 105 cm³/mol. The standard InChI is InChI=1S/C22H27FN2O2/c1-5-24-22(27)17(4)25(14-19-8-6-7-9-20(19)23)21(26)13-18-11-15(2)10-16(3)12-18/h6-12,17H,5,13-14H2,1-4H3,(H,24,27). The molecule has 0 aromatic heterocycles. The van der Waals surface area contributed by atoms with E-state index in [1.165, 1.54) is 11.0 Å². The van der Waals surface area contributed by atoms with Crippen LogP contribution >= 0.6 is 0 Å². The first-order chi connectivity index (χ1) is 12.8. The van der Waals surface area contributed by atoms with Gasteiger partial charge in [-0.2, -0.15) is 0 Å². The van der Waals surface area contributed by atoms with Gasteiger partial charge in [0.05, 0.1) is 6.42 Å². The third-order valence-corrected chi connectivity index (χ3v) is 4.45. The molecule has 0 aliphatic carbocycles. The van der Waals surface area contributed by atoms with Crippen LogP contribution in [0.15, 0.2) is 42.5 Å². The Balaban J connectivity index is 2.28. The average Bonchev–Trinajstić information content (AvgIpc) is 2.59. The molecule has 0 saturated heterocycles. The lowest BCUT2D eigenvalue weighted by Crippen LogP contribution is -2.48. The third kappa shape index (κ3) is 5.64. The molecule has 0 heterocycles. The molecule has 2 aromatic carbocycles. The van der Waals surface area contributed by atoms with Gasteiger partial charge < -0.3 is 10.2 Å². The fourth-order valence-corrected chi connectivity index (χ4v) is 3.16. The summed E-state index contributed by atoms with van der Waals surface area (Å²) in [6.07, 6.45) is 0.167. The van der Waals surface area contributed by atoms with E-state index in [1.54, 1.807) is 25.1 Å². The fraction of sp³-hybridized carbons (Fsp3) is 0.364. The Morgan fingerprint density at radius 3 is 2.33 bits per heavy atom. The number of carbonyl (C=O) groups is 2. The maximum Gasteiger partial charge on any atom is 0.242 e. The molecule has 0 fully saturated rings. The molecule has 4 nitrogen and oxygen atoms in total. The van der Waals surface area contributed by atoms with Crippen LogP contribution in [0.25, 0.3) is 0 Å². The van der Waals surface area contributed by atoms with Gasteiger partial charge in [0, 0.05) is 18.7 Å². The van der Waals surface area contributed by atoms with E-state index >= 15 is 0 Å². The van der Waals surface area contributed by atoms with Crippen LogP contribution in [-0.2, 0) is 22.6 Å². The molecule has 1 unspecified atom stereocenters. The van der Waals surface area contributed by atoms with Crippen molar-refractivity contribution in [1.29, 1.82) is 0 Å². The summed E-state index contributed by atoms with van der Waals surface area (Å²) in [5.74, 6) is -0.839. The third-order valence-electron chi connectivity index (χ3n) is 4.45. The number of amides is 2. The van der Waals surface area contributed by atoms with Crippen LogP contribution < -0.4 is 5.32 Å². The number of carbonyl (C=O) groups excluding carboxylic acids is 2. The molecular weight excluding hydrogens is 343 g/mol. The maximum atomic E-state index is 14.1. The molecule has 5 heteroatoms. The molecular formula is C22H27FN2O2. The summed E-state index contributed by atoms with van der Waals surface area (Å²) in [6, 6.07) is 11.6.